The topological polar surface area (TPSA) is 73.2 Å². The summed E-state index contributed by atoms with van der Waals surface area (Å²) >= 11 is 0. The molecule has 0 aliphatic rings. The van der Waals surface area contributed by atoms with E-state index in [1.54, 1.807) is 6.92 Å². The van der Waals surface area contributed by atoms with Crippen molar-refractivity contribution in [2.75, 3.05) is 13.2 Å². The third-order valence-electron chi connectivity index (χ3n) is 3.19. The summed E-state index contributed by atoms with van der Waals surface area (Å²) in [7, 11) is 0. The molecular weight excluding hydrogens is 334 g/mol. The first-order chi connectivity index (χ1) is 11.1. The molecule has 0 spiro atoms. The minimum Gasteiger partial charge on any atom is -0.464 e. The van der Waals surface area contributed by atoms with Crippen LogP contribution in [0.4, 0.5) is 17.6 Å². The van der Waals surface area contributed by atoms with Gasteiger partial charge >= 0.3 is 12.1 Å². The molecule has 0 bridgehead atoms. The number of rotatable bonds is 7. The predicted octanol–water partition coefficient (Wildman–Crippen LogP) is 2.19. The monoisotopic (exact) mass is 353 g/mol. The number of aromatic nitrogens is 2. The van der Waals surface area contributed by atoms with E-state index in [0.717, 1.165) is 10.9 Å². The number of hydrogen-bond donors (Lipinski definition) is 1. The molecule has 136 valence electrons. The summed E-state index contributed by atoms with van der Waals surface area (Å²) in [6.45, 7) is 4.26. The molecule has 1 N–H and O–H groups in total. The van der Waals surface area contributed by atoms with Crippen LogP contribution in [0.25, 0.3) is 0 Å². The van der Waals surface area contributed by atoms with Crippen LogP contribution in [0.5, 0.6) is 0 Å². The molecule has 1 aromatic rings. The first-order valence-corrected chi connectivity index (χ1v) is 7.35. The lowest BCUT2D eigenvalue weighted by molar-refractivity contribution is -0.151. The number of aryl methyl sites for hydroxylation is 1. The number of carbonyl (C=O) groups is 2. The zero-order valence-electron chi connectivity index (χ0n) is 13.5. The van der Waals surface area contributed by atoms with Crippen LogP contribution in [0.2, 0.25) is 0 Å². The Morgan fingerprint density at radius 1 is 1.38 bits per heavy atom. The lowest BCUT2D eigenvalue weighted by Crippen LogP contribution is -2.36. The molecule has 0 radical (unpaired) electrons. The van der Waals surface area contributed by atoms with Crippen molar-refractivity contribution in [1.29, 1.82) is 0 Å². The molecule has 2 atom stereocenters. The van der Waals surface area contributed by atoms with Crippen molar-refractivity contribution >= 4 is 11.9 Å². The molecule has 2 unspecified atom stereocenters. The van der Waals surface area contributed by atoms with E-state index in [9.17, 15) is 27.2 Å². The summed E-state index contributed by atoms with van der Waals surface area (Å²) in [4.78, 5) is 23.2. The molecule has 0 saturated carbocycles. The van der Waals surface area contributed by atoms with Gasteiger partial charge in [-0.1, -0.05) is 6.92 Å². The SMILES string of the molecule is CCOC(=O)C(F)C(C)CNC(=O)c1cn(CC)nc1C(F)(F)F. The standard InChI is InChI=1S/C14H19F4N3O3/c1-4-21-7-9(11(20-21)14(16,17)18)12(22)19-6-8(3)10(15)13(23)24-5-2/h7-8,10H,4-6H2,1-3H3,(H,19,22). The fourth-order valence-corrected chi connectivity index (χ4v) is 1.87. The quantitative estimate of drug-likeness (QED) is 0.602. The van der Waals surface area contributed by atoms with E-state index in [1.165, 1.54) is 13.8 Å². The van der Waals surface area contributed by atoms with Crippen LogP contribution >= 0.6 is 0 Å². The number of hydrogen-bond acceptors (Lipinski definition) is 4. The van der Waals surface area contributed by atoms with Crippen LogP contribution in [0.1, 0.15) is 36.8 Å². The van der Waals surface area contributed by atoms with Crippen LogP contribution in [0, 0.1) is 5.92 Å². The second-order valence-electron chi connectivity index (χ2n) is 5.09. The minimum atomic E-state index is -4.79. The Morgan fingerprint density at radius 2 is 2.00 bits per heavy atom. The maximum Gasteiger partial charge on any atom is 0.435 e. The first kappa shape index (κ1) is 19.9. The number of alkyl halides is 4. The predicted molar refractivity (Wildman–Crippen MR) is 75.9 cm³/mol. The van der Waals surface area contributed by atoms with Crippen LogP contribution in [-0.2, 0) is 22.3 Å². The fourth-order valence-electron chi connectivity index (χ4n) is 1.87. The average Bonchev–Trinajstić information content (AvgIpc) is 2.96. The highest BCUT2D eigenvalue weighted by molar-refractivity contribution is 5.95. The summed E-state index contributed by atoms with van der Waals surface area (Å²) in [5.74, 6) is -3.07. The Labute approximate surface area is 136 Å². The highest BCUT2D eigenvalue weighted by atomic mass is 19.4. The van der Waals surface area contributed by atoms with Gasteiger partial charge in [0, 0.05) is 25.2 Å². The smallest absolute Gasteiger partial charge is 0.435 e. The zero-order valence-corrected chi connectivity index (χ0v) is 13.5. The molecule has 0 aliphatic heterocycles. The normalized spacial score (nSPS) is 14.1. The highest BCUT2D eigenvalue weighted by Crippen LogP contribution is 2.30. The van der Waals surface area contributed by atoms with Crippen molar-refractivity contribution in [2.45, 2.75) is 39.7 Å². The first-order valence-electron chi connectivity index (χ1n) is 7.35. The Balaban J connectivity index is 2.79. The molecule has 10 heteroatoms. The van der Waals surface area contributed by atoms with Crippen molar-refractivity contribution in [3.05, 3.63) is 17.5 Å². The summed E-state index contributed by atoms with van der Waals surface area (Å²) in [6, 6.07) is 0. The molecular formula is C14H19F4N3O3. The second-order valence-corrected chi connectivity index (χ2v) is 5.09. The van der Waals surface area contributed by atoms with E-state index >= 15 is 0 Å². The second kappa shape index (κ2) is 8.11. The Bertz CT molecular complexity index is 586. The maximum atomic E-state index is 13.7. The van der Waals surface area contributed by atoms with Crippen molar-refractivity contribution in [3.8, 4) is 0 Å². The number of esters is 1. The largest absolute Gasteiger partial charge is 0.464 e. The number of ether oxygens (including phenoxy) is 1. The van der Waals surface area contributed by atoms with Crippen molar-refractivity contribution < 1.29 is 31.9 Å². The van der Waals surface area contributed by atoms with Gasteiger partial charge in [-0.25, -0.2) is 9.18 Å². The van der Waals surface area contributed by atoms with Crippen LogP contribution < -0.4 is 5.32 Å². The van der Waals surface area contributed by atoms with Crippen LogP contribution in [0.3, 0.4) is 0 Å². The van der Waals surface area contributed by atoms with E-state index in [4.69, 9.17) is 0 Å². The van der Waals surface area contributed by atoms with Crippen molar-refractivity contribution in [2.24, 2.45) is 5.92 Å². The Hall–Kier alpha value is -2.13. The van der Waals surface area contributed by atoms with Gasteiger partial charge in [0.2, 0.25) is 6.17 Å². The molecule has 24 heavy (non-hydrogen) atoms. The van der Waals surface area contributed by atoms with Crippen LogP contribution in [-0.4, -0.2) is 41.0 Å². The maximum absolute atomic E-state index is 13.7. The fraction of sp³-hybridized carbons (Fsp3) is 0.643. The summed E-state index contributed by atoms with van der Waals surface area (Å²) < 4.78 is 57.9. The van der Waals surface area contributed by atoms with E-state index in [-0.39, 0.29) is 19.7 Å². The number of halogens is 4. The number of nitrogens with one attached hydrogen (secondary N) is 1. The number of carbonyl (C=O) groups excluding carboxylic acids is 2. The number of amides is 1. The molecule has 1 amide bonds. The zero-order chi connectivity index (χ0) is 18.5. The van der Waals surface area contributed by atoms with Crippen molar-refractivity contribution in [1.82, 2.24) is 15.1 Å². The van der Waals surface area contributed by atoms with E-state index in [0.29, 0.717) is 0 Å². The Kier molecular flexibility index (Phi) is 6.73. The average molecular weight is 353 g/mol. The molecule has 0 saturated heterocycles. The molecule has 1 rings (SSSR count). The third kappa shape index (κ3) is 4.93. The Morgan fingerprint density at radius 3 is 2.50 bits per heavy atom. The summed E-state index contributed by atoms with van der Waals surface area (Å²) in [6.07, 6.45) is -5.79. The van der Waals surface area contributed by atoms with E-state index in [1.807, 2.05) is 0 Å². The lowest BCUT2D eigenvalue weighted by atomic mass is 10.1. The van der Waals surface area contributed by atoms with Crippen molar-refractivity contribution in [3.63, 3.8) is 0 Å². The van der Waals surface area contributed by atoms with Gasteiger partial charge in [-0.15, -0.1) is 0 Å². The van der Waals surface area contributed by atoms with Crippen LogP contribution in [0.15, 0.2) is 6.20 Å². The van der Waals surface area contributed by atoms with Gasteiger partial charge in [0.1, 0.15) is 0 Å². The van der Waals surface area contributed by atoms with E-state index in [2.05, 4.69) is 15.2 Å². The van der Waals surface area contributed by atoms with Gasteiger partial charge in [0.25, 0.3) is 5.91 Å². The molecule has 1 aromatic heterocycles. The lowest BCUT2D eigenvalue weighted by Gasteiger charge is -2.16. The van der Waals surface area contributed by atoms with Gasteiger partial charge in [0.15, 0.2) is 5.69 Å². The van der Waals surface area contributed by atoms with Gasteiger partial charge in [-0.05, 0) is 13.8 Å². The highest BCUT2D eigenvalue weighted by Gasteiger charge is 2.39. The minimum absolute atomic E-state index is 0.00345. The summed E-state index contributed by atoms with van der Waals surface area (Å²) in [5.41, 5.74) is -1.96. The van der Waals surface area contributed by atoms with Gasteiger partial charge < -0.3 is 10.1 Å². The van der Waals surface area contributed by atoms with E-state index < -0.39 is 41.4 Å². The molecule has 0 aromatic carbocycles. The van der Waals surface area contributed by atoms with Gasteiger partial charge in [-0.2, -0.15) is 18.3 Å². The molecule has 1 heterocycles. The number of nitrogens with zero attached hydrogens (tertiary/aromatic N) is 2. The molecule has 6 nitrogen and oxygen atoms in total. The molecule has 0 aliphatic carbocycles. The molecule has 0 fully saturated rings. The summed E-state index contributed by atoms with van der Waals surface area (Å²) in [5, 5.41) is 5.50. The van der Waals surface area contributed by atoms with Gasteiger partial charge in [0.05, 0.1) is 12.2 Å². The van der Waals surface area contributed by atoms with Gasteiger partial charge in [-0.3, -0.25) is 9.48 Å². The third-order valence-corrected chi connectivity index (χ3v) is 3.19.